The molecule has 0 aliphatic heterocycles. The molecule has 18 aromatic rings. The van der Waals surface area contributed by atoms with E-state index in [0.717, 1.165) is 71.7 Å². The van der Waals surface area contributed by atoms with Crippen LogP contribution in [0.4, 0.5) is 0 Å². The molecule has 0 spiro atoms. The van der Waals surface area contributed by atoms with Gasteiger partial charge in [0.15, 0.2) is 34.9 Å². The molecule has 4 aliphatic rings. The molecule has 13 aromatic carbocycles. The molecular formula is C99H69N7O2. The zero-order valence-corrected chi connectivity index (χ0v) is 60.4. The molecule has 4 aliphatic carbocycles. The number of aromatic nitrogens is 7. The van der Waals surface area contributed by atoms with Crippen molar-refractivity contribution >= 4 is 43.9 Å². The number of benzene rings is 13. The molecule has 5 aromatic heterocycles. The second kappa shape index (κ2) is 23.6. The Morgan fingerprint density at radius 3 is 1.06 bits per heavy atom. The topological polar surface area (TPSA) is 117 Å². The Morgan fingerprint density at radius 2 is 0.583 bits per heavy atom. The summed E-state index contributed by atoms with van der Waals surface area (Å²) in [6.07, 6.45) is 1.77. The highest BCUT2D eigenvalue weighted by molar-refractivity contribution is 6.12. The van der Waals surface area contributed by atoms with E-state index in [4.69, 9.17) is 38.7 Å². The highest BCUT2D eigenvalue weighted by atomic mass is 16.3. The van der Waals surface area contributed by atoms with Gasteiger partial charge in [-0.3, -0.25) is 4.98 Å². The smallest absolute Gasteiger partial charge is 0.182 e. The second-order valence-corrected chi connectivity index (χ2v) is 30.6. The van der Waals surface area contributed by atoms with Crippen LogP contribution < -0.4 is 0 Å². The molecule has 512 valence electrons. The number of hydrogen-bond acceptors (Lipinski definition) is 9. The lowest BCUT2D eigenvalue weighted by Crippen LogP contribution is -2.28. The van der Waals surface area contributed by atoms with E-state index in [9.17, 15) is 0 Å². The maximum absolute atomic E-state index is 7.15. The molecule has 0 saturated carbocycles. The van der Waals surface area contributed by atoms with Crippen LogP contribution in [0, 0.1) is 0 Å². The van der Waals surface area contributed by atoms with E-state index in [1.165, 1.54) is 100 Å². The molecule has 108 heavy (non-hydrogen) atoms. The van der Waals surface area contributed by atoms with Crippen molar-refractivity contribution in [2.24, 2.45) is 0 Å². The van der Waals surface area contributed by atoms with Crippen molar-refractivity contribution in [2.75, 3.05) is 0 Å². The van der Waals surface area contributed by atoms with E-state index in [0.29, 0.717) is 40.6 Å². The Bertz CT molecular complexity index is 6730. The molecule has 0 amide bonds. The summed E-state index contributed by atoms with van der Waals surface area (Å²) in [7, 11) is 0. The summed E-state index contributed by atoms with van der Waals surface area (Å²) in [5.74, 6) is 3.59. The first-order valence-corrected chi connectivity index (χ1v) is 37.1. The number of pyridine rings is 1. The number of fused-ring (bicyclic) bond motifs is 20. The standard InChI is InChI=1S/C55H37N3O.C44H32N4O/c1-54(2)45-24-14-12-22-39(45)41-28-26-35(32-47(41)54)52-56-51(34-16-6-3-7-17-34)57-53(58-52)36-27-29-42-44-31-30-43-40-23-13-15-25-46(40)55(37-18-8-4-9-19-37,38-20-10-5-11-21-38)49(43)50(44)59-48(42)33-36;1-43(2)33-13-7-5-11-27(33)29-18-16-25(23-35(29)43)40-46-41(48-42(47-40)36-15-9-10-22-45-36)26-17-19-30-32-21-20-31-28-12-6-8-14-34(28)44(3,4)38(31)39(32)49-37(30)24-26/h3-33H,1-2H3;5-24H,1-4H3. The molecule has 5 heterocycles. The summed E-state index contributed by atoms with van der Waals surface area (Å²) in [5, 5.41) is 4.33. The third kappa shape index (κ3) is 9.34. The summed E-state index contributed by atoms with van der Waals surface area (Å²) >= 11 is 0. The van der Waals surface area contributed by atoms with Crippen LogP contribution >= 0.6 is 0 Å². The van der Waals surface area contributed by atoms with E-state index in [2.05, 4.69) is 313 Å². The van der Waals surface area contributed by atoms with Crippen LogP contribution in [-0.4, -0.2) is 34.9 Å². The SMILES string of the molecule is CC1(C)c2ccccc2-c2ccc(-c3nc(-c4ccc5c(c4)oc4c6c(ccc45)-c4ccccc4C6(C)C)nc(-c4ccccn4)n3)cc21.CC1(C)c2ccccc2-c2ccc(-c3nc(-c4ccccc4)nc(-c4ccc5c(c4)oc4c6c(ccc45)-c4ccccc4C6(c4ccccc4)c4ccccc4)n3)cc21. The first-order chi connectivity index (χ1) is 52.8. The highest BCUT2D eigenvalue weighted by Crippen LogP contribution is 2.60. The fourth-order valence-corrected chi connectivity index (χ4v) is 18.4. The van der Waals surface area contributed by atoms with Crippen molar-refractivity contribution in [1.29, 1.82) is 0 Å². The van der Waals surface area contributed by atoms with Crippen LogP contribution in [-0.2, 0) is 21.7 Å². The summed E-state index contributed by atoms with van der Waals surface area (Å²) in [6, 6.07) is 108. The van der Waals surface area contributed by atoms with Gasteiger partial charge in [-0.05, 0) is 150 Å². The Balaban J connectivity index is 0.000000140. The molecular weight excluding hydrogens is 1320 g/mol. The fraction of sp³-hybridized carbons (Fsp3) is 0.101. The van der Waals surface area contributed by atoms with Gasteiger partial charge in [-0.2, -0.15) is 0 Å². The molecule has 0 atom stereocenters. The quantitative estimate of drug-likeness (QED) is 0.147. The minimum absolute atomic E-state index is 0.135. The van der Waals surface area contributed by atoms with Gasteiger partial charge in [0.1, 0.15) is 28.0 Å². The molecule has 0 saturated heterocycles. The third-order valence-electron chi connectivity index (χ3n) is 23.6. The summed E-state index contributed by atoms with van der Waals surface area (Å²) in [6.45, 7) is 13.8. The molecule has 9 nitrogen and oxygen atoms in total. The lowest BCUT2D eigenvalue weighted by molar-refractivity contribution is 0.620. The molecule has 22 rings (SSSR count). The fourth-order valence-electron chi connectivity index (χ4n) is 18.4. The monoisotopic (exact) mass is 1390 g/mol. The van der Waals surface area contributed by atoms with Gasteiger partial charge in [-0.25, -0.2) is 29.9 Å². The molecule has 0 unspecified atom stereocenters. The van der Waals surface area contributed by atoms with Crippen molar-refractivity contribution in [3.05, 3.63) is 365 Å². The van der Waals surface area contributed by atoms with Crippen molar-refractivity contribution in [1.82, 2.24) is 34.9 Å². The van der Waals surface area contributed by atoms with Gasteiger partial charge in [-0.1, -0.05) is 284 Å². The van der Waals surface area contributed by atoms with E-state index in [-0.39, 0.29) is 16.2 Å². The summed E-state index contributed by atoms with van der Waals surface area (Å²) in [5.41, 5.74) is 30.3. The lowest BCUT2D eigenvalue weighted by atomic mass is 9.67. The van der Waals surface area contributed by atoms with E-state index < -0.39 is 5.41 Å². The Labute approximate surface area is 625 Å². The van der Waals surface area contributed by atoms with E-state index >= 15 is 0 Å². The van der Waals surface area contributed by atoms with Crippen LogP contribution in [0.3, 0.4) is 0 Å². The number of hydrogen-bond donors (Lipinski definition) is 0. The van der Waals surface area contributed by atoms with E-state index in [1.807, 2.05) is 36.4 Å². The zero-order chi connectivity index (χ0) is 72.4. The molecule has 0 N–H and O–H groups in total. The highest BCUT2D eigenvalue weighted by Gasteiger charge is 2.49. The maximum Gasteiger partial charge on any atom is 0.182 e. The zero-order valence-electron chi connectivity index (χ0n) is 60.4. The molecule has 9 heteroatoms. The number of furan rings is 2. The minimum Gasteiger partial charge on any atom is -0.456 e. The van der Waals surface area contributed by atoms with Gasteiger partial charge in [-0.15, -0.1) is 0 Å². The molecule has 0 radical (unpaired) electrons. The van der Waals surface area contributed by atoms with Gasteiger partial charge in [0.05, 0.1) is 5.41 Å². The third-order valence-corrected chi connectivity index (χ3v) is 23.6. The van der Waals surface area contributed by atoms with Crippen molar-refractivity contribution in [2.45, 2.75) is 63.2 Å². The predicted molar refractivity (Wildman–Crippen MR) is 435 cm³/mol. The van der Waals surface area contributed by atoms with Gasteiger partial charge < -0.3 is 8.83 Å². The van der Waals surface area contributed by atoms with Crippen LogP contribution in [0.2, 0.25) is 0 Å². The van der Waals surface area contributed by atoms with Crippen molar-refractivity contribution in [3.8, 4) is 113 Å². The molecule has 0 bridgehead atoms. The van der Waals surface area contributed by atoms with Crippen LogP contribution in [0.5, 0.6) is 0 Å². The second-order valence-electron chi connectivity index (χ2n) is 30.6. The Morgan fingerprint density at radius 1 is 0.241 bits per heavy atom. The van der Waals surface area contributed by atoms with Crippen LogP contribution in [0.25, 0.3) is 157 Å². The number of rotatable bonds is 8. The van der Waals surface area contributed by atoms with Crippen LogP contribution in [0.15, 0.2) is 318 Å². The normalized spacial score (nSPS) is 14.5. The maximum atomic E-state index is 7.15. The van der Waals surface area contributed by atoms with Gasteiger partial charge >= 0.3 is 0 Å². The predicted octanol–water partition coefficient (Wildman–Crippen LogP) is 24.2. The van der Waals surface area contributed by atoms with Crippen molar-refractivity contribution in [3.63, 3.8) is 0 Å². The summed E-state index contributed by atoms with van der Waals surface area (Å²) in [4.78, 5) is 35.1. The van der Waals surface area contributed by atoms with Gasteiger partial charge in [0, 0.05) is 82.9 Å². The minimum atomic E-state index is -0.579. The first kappa shape index (κ1) is 63.1. The Kier molecular flexibility index (Phi) is 13.8. The van der Waals surface area contributed by atoms with Crippen LogP contribution in [0.1, 0.15) is 97.2 Å². The van der Waals surface area contributed by atoms with Gasteiger partial charge in [0.25, 0.3) is 0 Å². The van der Waals surface area contributed by atoms with Gasteiger partial charge in [0.2, 0.25) is 0 Å². The lowest BCUT2D eigenvalue weighted by Gasteiger charge is -2.33. The summed E-state index contributed by atoms with van der Waals surface area (Å²) < 4.78 is 13.9. The number of nitrogens with zero attached hydrogens (tertiary/aromatic N) is 7. The Hall–Kier alpha value is -13.4. The average Bonchev–Trinajstić information content (AvgIpc) is 1.52. The first-order valence-electron chi connectivity index (χ1n) is 37.1. The average molecular weight is 1390 g/mol. The van der Waals surface area contributed by atoms with Crippen molar-refractivity contribution < 1.29 is 8.83 Å². The van der Waals surface area contributed by atoms with E-state index in [1.54, 1.807) is 6.20 Å². The molecule has 0 fully saturated rings. The largest absolute Gasteiger partial charge is 0.456 e.